The lowest BCUT2D eigenvalue weighted by Crippen LogP contribution is -2.58. The highest BCUT2D eigenvalue weighted by Crippen LogP contribution is 2.38. The third-order valence-electron chi connectivity index (χ3n) is 3.04. The number of carbonyl (C=O) groups is 1. The second-order valence-corrected chi connectivity index (χ2v) is 4.42. The molecule has 1 amide bonds. The Morgan fingerprint density at radius 2 is 2.24 bits per heavy atom. The minimum Gasteiger partial charge on any atom is -0.491 e. The van der Waals surface area contributed by atoms with Gasteiger partial charge < -0.3 is 16.2 Å². The fourth-order valence-corrected chi connectivity index (χ4v) is 1.75. The summed E-state index contributed by atoms with van der Waals surface area (Å²) in [6.45, 7) is -0.0174. The van der Waals surface area contributed by atoms with Crippen LogP contribution in [0.5, 0.6) is 5.75 Å². The maximum absolute atomic E-state index is 12.9. The van der Waals surface area contributed by atoms with E-state index in [9.17, 15) is 9.18 Å². The van der Waals surface area contributed by atoms with E-state index in [0.29, 0.717) is 5.75 Å². The van der Waals surface area contributed by atoms with Crippen molar-refractivity contribution in [2.75, 3.05) is 6.61 Å². The summed E-state index contributed by atoms with van der Waals surface area (Å²) >= 11 is 0. The Balaban J connectivity index is 2.03. The zero-order chi connectivity index (χ0) is 12.5. The van der Waals surface area contributed by atoms with Crippen molar-refractivity contribution >= 4 is 5.91 Å². The van der Waals surface area contributed by atoms with E-state index in [1.807, 2.05) is 0 Å². The monoisotopic (exact) mass is 238 g/mol. The summed E-state index contributed by atoms with van der Waals surface area (Å²) in [7, 11) is 0. The Bertz CT molecular complexity index is 434. The van der Waals surface area contributed by atoms with Crippen molar-refractivity contribution in [3.05, 3.63) is 30.1 Å². The number of primary amides is 1. The van der Waals surface area contributed by atoms with Gasteiger partial charge in [-0.05, 0) is 30.9 Å². The van der Waals surface area contributed by atoms with Gasteiger partial charge in [-0.2, -0.15) is 0 Å². The molecule has 0 heterocycles. The number of carbonyl (C=O) groups excluding carboxylic acids is 1. The molecule has 0 aliphatic heterocycles. The minimum atomic E-state index is -1.15. The standard InChI is InChI=1S/C12H15FN2O2/c13-9-2-1-3-10(6-9)17-7-12(15,11(14)16)8-4-5-8/h1-3,6,8H,4-5,7,15H2,(H2,14,16). The molecule has 0 saturated heterocycles. The van der Waals surface area contributed by atoms with Gasteiger partial charge in [0.25, 0.3) is 0 Å². The molecule has 1 aliphatic carbocycles. The first-order valence-electron chi connectivity index (χ1n) is 5.49. The molecule has 0 bridgehead atoms. The Kier molecular flexibility index (Phi) is 3.02. The van der Waals surface area contributed by atoms with Crippen molar-refractivity contribution in [1.29, 1.82) is 0 Å². The van der Waals surface area contributed by atoms with Crippen LogP contribution in [-0.4, -0.2) is 18.1 Å². The number of hydrogen-bond acceptors (Lipinski definition) is 3. The average molecular weight is 238 g/mol. The number of rotatable bonds is 5. The number of nitrogens with two attached hydrogens (primary N) is 2. The van der Waals surface area contributed by atoms with Crippen LogP contribution in [0.25, 0.3) is 0 Å². The molecular formula is C12H15FN2O2. The molecule has 1 aromatic rings. The fourth-order valence-electron chi connectivity index (χ4n) is 1.75. The molecule has 0 radical (unpaired) electrons. The van der Waals surface area contributed by atoms with Gasteiger partial charge in [0.15, 0.2) is 0 Å². The topological polar surface area (TPSA) is 78.3 Å². The lowest BCUT2D eigenvalue weighted by Gasteiger charge is -2.25. The molecule has 1 fully saturated rings. The molecule has 5 heteroatoms. The molecular weight excluding hydrogens is 223 g/mol. The number of amides is 1. The van der Waals surface area contributed by atoms with Gasteiger partial charge in [-0.3, -0.25) is 4.79 Å². The molecule has 1 unspecified atom stereocenters. The Morgan fingerprint density at radius 1 is 1.53 bits per heavy atom. The summed E-state index contributed by atoms with van der Waals surface area (Å²) in [4.78, 5) is 11.3. The van der Waals surface area contributed by atoms with Crippen LogP contribution < -0.4 is 16.2 Å². The maximum atomic E-state index is 12.9. The number of hydrogen-bond donors (Lipinski definition) is 2. The molecule has 1 aromatic carbocycles. The number of ether oxygens (including phenoxy) is 1. The second kappa shape index (κ2) is 4.33. The van der Waals surface area contributed by atoms with E-state index in [4.69, 9.17) is 16.2 Å². The van der Waals surface area contributed by atoms with Crippen LogP contribution in [0, 0.1) is 11.7 Å². The molecule has 2 rings (SSSR count). The Labute approximate surface area is 98.7 Å². The van der Waals surface area contributed by atoms with E-state index in [-0.39, 0.29) is 12.5 Å². The van der Waals surface area contributed by atoms with Crippen LogP contribution in [0.1, 0.15) is 12.8 Å². The van der Waals surface area contributed by atoms with Gasteiger partial charge in [-0.15, -0.1) is 0 Å². The number of halogens is 1. The first kappa shape index (κ1) is 11.9. The minimum absolute atomic E-state index is 0.0174. The van der Waals surface area contributed by atoms with E-state index in [2.05, 4.69) is 0 Å². The molecule has 0 spiro atoms. The van der Waals surface area contributed by atoms with Crippen LogP contribution in [-0.2, 0) is 4.79 Å². The molecule has 4 nitrogen and oxygen atoms in total. The summed E-state index contributed by atoms with van der Waals surface area (Å²) in [5.74, 6) is -0.540. The van der Waals surface area contributed by atoms with Crippen molar-refractivity contribution < 1.29 is 13.9 Å². The Morgan fingerprint density at radius 3 is 2.76 bits per heavy atom. The lowest BCUT2D eigenvalue weighted by molar-refractivity contribution is -0.125. The predicted octanol–water partition coefficient (Wildman–Crippen LogP) is 0.797. The summed E-state index contributed by atoms with van der Waals surface area (Å²) in [5.41, 5.74) is 10.1. The molecule has 1 aliphatic rings. The molecule has 17 heavy (non-hydrogen) atoms. The van der Waals surface area contributed by atoms with Gasteiger partial charge in [-0.1, -0.05) is 6.07 Å². The quantitative estimate of drug-likeness (QED) is 0.796. The highest BCUT2D eigenvalue weighted by atomic mass is 19.1. The summed E-state index contributed by atoms with van der Waals surface area (Å²) in [6.07, 6.45) is 1.76. The van der Waals surface area contributed by atoms with Crippen molar-refractivity contribution in [2.45, 2.75) is 18.4 Å². The third-order valence-corrected chi connectivity index (χ3v) is 3.04. The van der Waals surface area contributed by atoms with Gasteiger partial charge in [0, 0.05) is 6.07 Å². The van der Waals surface area contributed by atoms with Gasteiger partial charge in [-0.25, -0.2) is 4.39 Å². The van der Waals surface area contributed by atoms with Gasteiger partial charge in [0.05, 0.1) is 0 Å². The zero-order valence-corrected chi connectivity index (χ0v) is 9.36. The molecule has 1 saturated carbocycles. The average Bonchev–Trinajstić information content (AvgIpc) is 3.09. The van der Waals surface area contributed by atoms with Crippen molar-refractivity contribution in [3.63, 3.8) is 0 Å². The fraction of sp³-hybridized carbons (Fsp3) is 0.417. The van der Waals surface area contributed by atoms with Crippen molar-refractivity contribution in [1.82, 2.24) is 0 Å². The van der Waals surface area contributed by atoms with Gasteiger partial charge >= 0.3 is 0 Å². The summed E-state index contributed by atoms with van der Waals surface area (Å²) in [5, 5.41) is 0. The zero-order valence-electron chi connectivity index (χ0n) is 9.36. The lowest BCUT2D eigenvalue weighted by atomic mass is 9.95. The molecule has 1 atom stereocenters. The van der Waals surface area contributed by atoms with E-state index >= 15 is 0 Å². The van der Waals surface area contributed by atoms with Crippen LogP contribution >= 0.6 is 0 Å². The number of benzene rings is 1. The van der Waals surface area contributed by atoms with Crippen LogP contribution in [0.3, 0.4) is 0 Å². The van der Waals surface area contributed by atoms with Gasteiger partial charge in [0.1, 0.15) is 23.7 Å². The van der Waals surface area contributed by atoms with Crippen LogP contribution in [0.2, 0.25) is 0 Å². The third kappa shape index (κ3) is 2.55. The van der Waals surface area contributed by atoms with Crippen LogP contribution in [0.15, 0.2) is 24.3 Å². The predicted molar refractivity (Wildman–Crippen MR) is 60.7 cm³/mol. The SMILES string of the molecule is NC(=O)C(N)(COc1cccc(F)c1)C1CC1. The summed E-state index contributed by atoms with van der Waals surface area (Å²) in [6, 6.07) is 5.70. The highest BCUT2D eigenvalue weighted by molar-refractivity contribution is 5.85. The van der Waals surface area contributed by atoms with Crippen molar-refractivity contribution in [3.8, 4) is 5.75 Å². The normalized spacial score (nSPS) is 18.5. The largest absolute Gasteiger partial charge is 0.491 e. The van der Waals surface area contributed by atoms with Crippen LogP contribution in [0.4, 0.5) is 4.39 Å². The summed E-state index contributed by atoms with van der Waals surface area (Å²) < 4.78 is 18.3. The second-order valence-electron chi connectivity index (χ2n) is 4.42. The van der Waals surface area contributed by atoms with E-state index in [1.54, 1.807) is 6.07 Å². The Hall–Kier alpha value is -1.62. The van der Waals surface area contributed by atoms with E-state index in [1.165, 1.54) is 18.2 Å². The molecule has 0 aromatic heterocycles. The molecule has 92 valence electrons. The first-order chi connectivity index (χ1) is 8.02. The maximum Gasteiger partial charge on any atom is 0.241 e. The van der Waals surface area contributed by atoms with E-state index in [0.717, 1.165) is 12.8 Å². The first-order valence-corrected chi connectivity index (χ1v) is 5.49. The van der Waals surface area contributed by atoms with Gasteiger partial charge in [0.2, 0.25) is 5.91 Å². The highest BCUT2D eigenvalue weighted by Gasteiger charge is 2.47. The van der Waals surface area contributed by atoms with E-state index < -0.39 is 17.3 Å². The molecule has 4 N–H and O–H groups in total. The van der Waals surface area contributed by atoms with Crippen molar-refractivity contribution in [2.24, 2.45) is 17.4 Å². The smallest absolute Gasteiger partial charge is 0.241 e.